The number of amides is 1. The molecule has 0 spiro atoms. The Hall–Kier alpha value is -0.650. The Morgan fingerprint density at radius 1 is 1.48 bits per heavy atom. The fraction of sp³-hybridized carbons (Fsp3) is 0.733. The number of nitrogens with zero attached hydrogens (tertiary/aromatic N) is 1. The molecular weight excluding hydrogens is 306 g/mol. The molecule has 2 N–H and O–H groups in total. The van der Waals surface area contributed by atoms with E-state index in [2.05, 4.69) is 22.5 Å². The molecule has 6 heteroatoms. The van der Waals surface area contributed by atoms with Crippen LogP contribution < -0.4 is 10.6 Å². The standard InChI is InChI=1S/C15H23N3OS.ClH/c1-2-10-5-6-12-13(8-10)20-15(17-12)18-14(19)9-11-4-3-7-16-11;/h10-11,16H,2-9H2,1H3,(H,17,18,19);1H. The number of aryl methyl sites for hydroxylation is 1. The lowest BCUT2D eigenvalue weighted by molar-refractivity contribution is -0.116. The molecule has 0 bridgehead atoms. The molecule has 1 aromatic rings. The highest BCUT2D eigenvalue weighted by Crippen LogP contribution is 2.33. The third kappa shape index (κ3) is 4.18. The normalized spacial score (nSPS) is 24.2. The molecule has 1 aliphatic heterocycles. The van der Waals surface area contributed by atoms with Gasteiger partial charge in [-0.15, -0.1) is 23.7 Å². The van der Waals surface area contributed by atoms with Crippen LogP contribution in [0.1, 0.15) is 49.6 Å². The fourth-order valence-electron chi connectivity index (χ4n) is 3.17. The lowest BCUT2D eigenvalue weighted by atomic mass is 9.89. The zero-order valence-electron chi connectivity index (χ0n) is 12.5. The summed E-state index contributed by atoms with van der Waals surface area (Å²) in [5.74, 6) is 0.900. The summed E-state index contributed by atoms with van der Waals surface area (Å²) in [4.78, 5) is 18.0. The van der Waals surface area contributed by atoms with Gasteiger partial charge < -0.3 is 10.6 Å². The van der Waals surface area contributed by atoms with Gasteiger partial charge >= 0.3 is 0 Å². The van der Waals surface area contributed by atoms with Crippen molar-refractivity contribution in [1.29, 1.82) is 0 Å². The highest BCUT2D eigenvalue weighted by Gasteiger charge is 2.23. The Bertz CT molecular complexity index is 485. The highest BCUT2D eigenvalue weighted by molar-refractivity contribution is 7.15. The molecule has 1 amide bonds. The maximum Gasteiger partial charge on any atom is 0.227 e. The molecule has 0 saturated carbocycles. The predicted molar refractivity (Wildman–Crippen MR) is 89.4 cm³/mol. The smallest absolute Gasteiger partial charge is 0.227 e. The number of hydrogen-bond acceptors (Lipinski definition) is 4. The molecule has 1 aromatic heterocycles. The molecule has 0 radical (unpaired) electrons. The maximum atomic E-state index is 12.0. The van der Waals surface area contributed by atoms with Gasteiger partial charge in [-0.2, -0.15) is 0 Å². The van der Waals surface area contributed by atoms with Gasteiger partial charge in [-0.1, -0.05) is 13.3 Å². The average Bonchev–Trinajstić information content (AvgIpc) is 3.06. The molecule has 1 aliphatic carbocycles. The Morgan fingerprint density at radius 3 is 3.05 bits per heavy atom. The third-order valence-electron chi connectivity index (χ3n) is 4.46. The van der Waals surface area contributed by atoms with Gasteiger partial charge in [0.25, 0.3) is 0 Å². The number of carbonyl (C=O) groups is 1. The first-order valence-electron chi connectivity index (χ1n) is 7.76. The van der Waals surface area contributed by atoms with Crippen LogP contribution in [0.25, 0.3) is 0 Å². The van der Waals surface area contributed by atoms with Gasteiger partial charge in [-0.3, -0.25) is 4.79 Å². The Balaban J connectivity index is 0.00000161. The minimum atomic E-state index is 0. The van der Waals surface area contributed by atoms with E-state index >= 15 is 0 Å². The van der Waals surface area contributed by atoms with Crippen molar-refractivity contribution in [3.8, 4) is 0 Å². The number of halogens is 1. The summed E-state index contributed by atoms with van der Waals surface area (Å²) in [5, 5.41) is 7.15. The second-order valence-electron chi connectivity index (χ2n) is 5.95. The highest BCUT2D eigenvalue weighted by atomic mass is 35.5. The molecule has 21 heavy (non-hydrogen) atoms. The van der Waals surface area contributed by atoms with Crippen LogP contribution in [0.15, 0.2) is 0 Å². The summed E-state index contributed by atoms with van der Waals surface area (Å²) in [6, 6.07) is 0.356. The minimum absolute atomic E-state index is 0. The van der Waals surface area contributed by atoms with Crippen LogP contribution in [0.2, 0.25) is 0 Å². The van der Waals surface area contributed by atoms with Gasteiger partial charge in [0.15, 0.2) is 5.13 Å². The topological polar surface area (TPSA) is 54.0 Å². The van der Waals surface area contributed by atoms with Crippen LogP contribution in [0.5, 0.6) is 0 Å². The lowest BCUT2D eigenvalue weighted by Crippen LogP contribution is -2.27. The van der Waals surface area contributed by atoms with Gasteiger partial charge in [0.1, 0.15) is 0 Å². The molecule has 0 aromatic carbocycles. The summed E-state index contributed by atoms with van der Waals surface area (Å²) in [7, 11) is 0. The zero-order valence-corrected chi connectivity index (χ0v) is 14.1. The van der Waals surface area contributed by atoms with Crippen molar-refractivity contribution in [2.75, 3.05) is 11.9 Å². The number of nitrogens with one attached hydrogen (secondary N) is 2. The molecule has 2 atom stereocenters. The SMILES string of the molecule is CCC1CCc2nc(NC(=O)CC3CCCN3)sc2C1.Cl. The van der Waals surface area contributed by atoms with Crippen molar-refractivity contribution < 1.29 is 4.79 Å². The van der Waals surface area contributed by atoms with Crippen LogP contribution in [0, 0.1) is 5.92 Å². The van der Waals surface area contributed by atoms with E-state index in [1.54, 1.807) is 11.3 Å². The second kappa shape index (κ2) is 7.56. The first-order chi connectivity index (χ1) is 9.74. The molecule has 118 valence electrons. The lowest BCUT2D eigenvalue weighted by Gasteiger charge is -2.18. The average molecular weight is 330 g/mol. The van der Waals surface area contributed by atoms with Crippen molar-refractivity contribution in [1.82, 2.24) is 10.3 Å². The number of carbonyl (C=O) groups excluding carboxylic acids is 1. The van der Waals surface area contributed by atoms with Crippen molar-refractivity contribution >= 4 is 34.8 Å². The van der Waals surface area contributed by atoms with Crippen LogP contribution in [-0.2, 0) is 17.6 Å². The molecule has 2 heterocycles. The third-order valence-corrected chi connectivity index (χ3v) is 5.49. The zero-order chi connectivity index (χ0) is 13.9. The van der Waals surface area contributed by atoms with Gasteiger partial charge in [0.05, 0.1) is 5.69 Å². The number of fused-ring (bicyclic) bond motifs is 1. The summed E-state index contributed by atoms with van der Waals surface area (Å²) in [6.07, 6.45) is 7.57. The molecule has 4 nitrogen and oxygen atoms in total. The Kier molecular flexibility index (Phi) is 6.02. The molecule has 2 unspecified atom stereocenters. The summed E-state index contributed by atoms with van der Waals surface area (Å²) < 4.78 is 0. The molecule has 2 aliphatic rings. The van der Waals surface area contributed by atoms with E-state index in [-0.39, 0.29) is 18.3 Å². The monoisotopic (exact) mass is 329 g/mol. The first-order valence-corrected chi connectivity index (χ1v) is 8.58. The minimum Gasteiger partial charge on any atom is -0.313 e. The Morgan fingerprint density at radius 2 is 2.33 bits per heavy atom. The van der Waals surface area contributed by atoms with Gasteiger partial charge in [-0.05, 0) is 44.6 Å². The first kappa shape index (κ1) is 16.7. The van der Waals surface area contributed by atoms with Crippen molar-refractivity contribution in [2.24, 2.45) is 5.92 Å². The van der Waals surface area contributed by atoms with Gasteiger partial charge in [0, 0.05) is 17.3 Å². The van der Waals surface area contributed by atoms with E-state index in [0.717, 1.165) is 36.9 Å². The number of aromatic nitrogens is 1. The van der Waals surface area contributed by atoms with Crippen molar-refractivity contribution in [3.05, 3.63) is 10.6 Å². The number of thiazole rings is 1. The summed E-state index contributed by atoms with van der Waals surface area (Å²) >= 11 is 1.68. The number of rotatable bonds is 4. The fourth-order valence-corrected chi connectivity index (χ4v) is 4.31. The van der Waals surface area contributed by atoms with E-state index in [4.69, 9.17) is 0 Å². The number of hydrogen-bond donors (Lipinski definition) is 2. The maximum absolute atomic E-state index is 12.0. The van der Waals surface area contributed by atoms with E-state index in [0.29, 0.717) is 12.5 Å². The van der Waals surface area contributed by atoms with Crippen molar-refractivity contribution in [3.63, 3.8) is 0 Å². The van der Waals surface area contributed by atoms with Gasteiger partial charge in [0.2, 0.25) is 5.91 Å². The predicted octanol–water partition coefficient (Wildman–Crippen LogP) is 3.16. The second-order valence-corrected chi connectivity index (χ2v) is 7.04. The molecular formula is C15H24ClN3OS. The summed E-state index contributed by atoms with van der Waals surface area (Å²) in [5.41, 5.74) is 1.22. The van der Waals surface area contributed by atoms with Crippen LogP contribution >= 0.6 is 23.7 Å². The van der Waals surface area contributed by atoms with Crippen LogP contribution in [0.3, 0.4) is 0 Å². The molecule has 3 rings (SSSR count). The molecule has 1 fully saturated rings. The molecule has 1 saturated heterocycles. The number of anilines is 1. The van der Waals surface area contributed by atoms with Crippen molar-refractivity contribution in [2.45, 2.75) is 57.9 Å². The van der Waals surface area contributed by atoms with Crippen LogP contribution in [0.4, 0.5) is 5.13 Å². The quantitative estimate of drug-likeness (QED) is 0.892. The largest absolute Gasteiger partial charge is 0.313 e. The Labute approximate surface area is 136 Å². The van der Waals surface area contributed by atoms with E-state index < -0.39 is 0 Å². The summed E-state index contributed by atoms with van der Waals surface area (Å²) in [6.45, 7) is 3.30. The van der Waals surface area contributed by atoms with E-state index in [1.807, 2.05) is 0 Å². The van der Waals surface area contributed by atoms with Crippen LogP contribution in [-0.4, -0.2) is 23.5 Å². The van der Waals surface area contributed by atoms with Gasteiger partial charge in [-0.25, -0.2) is 4.98 Å². The van der Waals surface area contributed by atoms with E-state index in [1.165, 1.54) is 29.8 Å². The van der Waals surface area contributed by atoms with E-state index in [9.17, 15) is 4.79 Å².